The van der Waals surface area contributed by atoms with Crippen molar-refractivity contribution < 1.29 is 19.4 Å². The molecule has 2 N–H and O–H groups in total. The molecule has 7 nitrogen and oxygen atoms in total. The lowest BCUT2D eigenvalue weighted by Crippen LogP contribution is -2.08. The molecule has 0 spiro atoms. The number of aromatic nitrogens is 1. The number of rotatable bonds is 5. The summed E-state index contributed by atoms with van der Waals surface area (Å²) in [6, 6.07) is 12.2. The van der Waals surface area contributed by atoms with E-state index in [4.69, 9.17) is 14.6 Å². The van der Waals surface area contributed by atoms with Gasteiger partial charge in [0.15, 0.2) is 11.8 Å². The number of H-pyrrole nitrogens is 1. The van der Waals surface area contributed by atoms with Gasteiger partial charge >= 0.3 is 5.97 Å². The lowest BCUT2D eigenvalue weighted by Gasteiger charge is -2.15. The van der Waals surface area contributed by atoms with Gasteiger partial charge in [0.25, 0.3) is 0 Å². The Kier molecular flexibility index (Phi) is 4.57. The second-order valence-corrected chi connectivity index (χ2v) is 6.55. The second-order valence-electron chi connectivity index (χ2n) is 6.55. The monoisotopic (exact) mass is 378 g/mol. The molecular formula is C21H18N2O5. The van der Waals surface area contributed by atoms with Crippen molar-refractivity contribution in [3.8, 4) is 17.0 Å². The predicted octanol–water partition coefficient (Wildman–Crippen LogP) is 2.93. The van der Waals surface area contributed by atoms with Gasteiger partial charge in [0, 0.05) is 28.8 Å². The third-order valence-corrected chi connectivity index (χ3v) is 4.69. The van der Waals surface area contributed by atoms with Gasteiger partial charge in [0.1, 0.15) is 11.9 Å². The number of hydrogen-bond donors (Lipinski definition) is 2. The molecule has 0 radical (unpaired) electrons. The fourth-order valence-electron chi connectivity index (χ4n) is 3.37. The van der Waals surface area contributed by atoms with E-state index in [2.05, 4.69) is 9.98 Å². The number of fused-ring (bicyclic) bond motifs is 1. The highest BCUT2D eigenvalue weighted by Crippen LogP contribution is 2.33. The minimum Gasteiger partial charge on any atom is -0.496 e. The molecule has 0 saturated heterocycles. The number of hydrogen-bond acceptors (Lipinski definition) is 5. The minimum absolute atomic E-state index is 0.0771. The molecule has 2 aromatic carbocycles. The summed E-state index contributed by atoms with van der Waals surface area (Å²) in [6.07, 6.45) is 1.06. The van der Waals surface area contributed by atoms with Crippen LogP contribution in [0, 0.1) is 0 Å². The number of aromatic amines is 1. The van der Waals surface area contributed by atoms with Crippen molar-refractivity contribution >= 4 is 23.3 Å². The average molecular weight is 378 g/mol. The van der Waals surface area contributed by atoms with Crippen molar-refractivity contribution in [2.24, 2.45) is 4.99 Å². The first kappa shape index (κ1) is 17.8. The summed E-state index contributed by atoms with van der Waals surface area (Å²) in [5, 5.41) is 9.52. The summed E-state index contributed by atoms with van der Waals surface area (Å²) in [7, 11) is 1.57. The van der Waals surface area contributed by atoms with Gasteiger partial charge in [-0.25, -0.2) is 0 Å². The Bertz CT molecular complexity index is 1140. The Labute approximate surface area is 160 Å². The third-order valence-electron chi connectivity index (χ3n) is 4.69. The molecule has 142 valence electrons. The summed E-state index contributed by atoms with van der Waals surface area (Å²) in [5.74, 6) is -0.296. The van der Waals surface area contributed by atoms with Gasteiger partial charge < -0.3 is 19.6 Å². The molecular weight excluding hydrogens is 360 g/mol. The molecule has 1 aliphatic heterocycles. The molecule has 7 heteroatoms. The lowest BCUT2D eigenvalue weighted by atomic mass is 10.0. The van der Waals surface area contributed by atoms with Gasteiger partial charge in [-0.15, -0.1) is 0 Å². The van der Waals surface area contributed by atoms with Crippen LogP contribution in [-0.2, 0) is 16.0 Å². The van der Waals surface area contributed by atoms with Crippen LogP contribution in [0.15, 0.2) is 52.3 Å². The topological polar surface area (TPSA) is 101 Å². The number of aliphatic imine (C=N–C) groups is 1. The van der Waals surface area contributed by atoms with Crippen molar-refractivity contribution in [1.29, 1.82) is 0 Å². The van der Waals surface area contributed by atoms with E-state index in [1.165, 1.54) is 12.5 Å². The Balaban J connectivity index is 1.81. The first-order valence-corrected chi connectivity index (χ1v) is 8.75. The zero-order valence-electron chi connectivity index (χ0n) is 15.1. The summed E-state index contributed by atoms with van der Waals surface area (Å²) in [4.78, 5) is 31.1. The first-order chi connectivity index (χ1) is 13.5. The van der Waals surface area contributed by atoms with Crippen LogP contribution in [0.4, 0.5) is 0 Å². The maximum absolute atomic E-state index is 12.8. The maximum Gasteiger partial charge on any atom is 0.307 e. The Morgan fingerprint density at radius 2 is 2.18 bits per heavy atom. The molecule has 4 rings (SSSR count). The van der Waals surface area contributed by atoms with Crippen molar-refractivity contribution in [3.63, 3.8) is 0 Å². The van der Waals surface area contributed by atoms with Gasteiger partial charge in [-0.2, -0.15) is 0 Å². The summed E-state index contributed by atoms with van der Waals surface area (Å²) >= 11 is 0. The molecule has 1 atom stereocenters. The van der Waals surface area contributed by atoms with Crippen molar-refractivity contribution in [1.82, 2.24) is 4.98 Å². The summed E-state index contributed by atoms with van der Waals surface area (Å²) < 4.78 is 11.0. The van der Waals surface area contributed by atoms with Crippen molar-refractivity contribution in [3.05, 3.63) is 63.8 Å². The van der Waals surface area contributed by atoms with Gasteiger partial charge in [-0.1, -0.05) is 18.2 Å². The Morgan fingerprint density at radius 3 is 2.89 bits per heavy atom. The van der Waals surface area contributed by atoms with Crippen molar-refractivity contribution in [2.45, 2.75) is 12.5 Å². The van der Waals surface area contributed by atoms with Crippen LogP contribution in [0.25, 0.3) is 22.2 Å². The number of methoxy groups -OCH3 is 1. The van der Waals surface area contributed by atoms with Gasteiger partial charge in [-0.05, 0) is 23.3 Å². The normalized spacial score (nSPS) is 15.5. The Morgan fingerprint density at radius 1 is 1.32 bits per heavy atom. The highest BCUT2D eigenvalue weighted by molar-refractivity contribution is 5.84. The van der Waals surface area contributed by atoms with Gasteiger partial charge in [0.05, 0.1) is 25.6 Å². The number of nitrogens with zero attached hydrogens (tertiary/aromatic N) is 1. The van der Waals surface area contributed by atoms with Crippen LogP contribution in [0.5, 0.6) is 5.75 Å². The molecule has 0 amide bonds. The third kappa shape index (κ3) is 3.34. The van der Waals surface area contributed by atoms with E-state index < -0.39 is 5.97 Å². The van der Waals surface area contributed by atoms with E-state index in [0.717, 1.165) is 11.1 Å². The van der Waals surface area contributed by atoms with E-state index in [1.807, 2.05) is 6.07 Å². The Hall–Kier alpha value is -3.61. The first-order valence-electron chi connectivity index (χ1n) is 8.75. The molecule has 0 bridgehead atoms. The van der Waals surface area contributed by atoms with E-state index >= 15 is 0 Å². The average Bonchev–Trinajstić information content (AvgIpc) is 3.21. The van der Waals surface area contributed by atoms with E-state index in [0.29, 0.717) is 34.5 Å². The highest BCUT2D eigenvalue weighted by Gasteiger charge is 2.21. The van der Waals surface area contributed by atoms with Gasteiger partial charge in [0.2, 0.25) is 0 Å². The highest BCUT2D eigenvalue weighted by atomic mass is 16.5. The molecule has 3 aromatic rings. The zero-order chi connectivity index (χ0) is 19.7. The number of nitrogens with one attached hydrogen (secondary N) is 1. The van der Waals surface area contributed by atoms with Gasteiger partial charge in [-0.3, -0.25) is 14.6 Å². The van der Waals surface area contributed by atoms with Crippen LogP contribution in [0.3, 0.4) is 0 Å². The number of aliphatic carboxylic acids is 1. The fraction of sp³-hybridized carbons (Fsp3) is 0.190. The number of pyridine rings is 1. The van der Waals surface area contributed by atoms with E-state index in [1.54, 1.807) is 37.4 Å². The SMILES string of the molecule is COc1cc2[nH]c(-c3cccc(CC(=O)O)c3)cc(=O)c2cc1C1CN=CO1. The smallest absolute Gasteiger partial charge is 0.307 e. The molecule has 28 heavy (non-hydrogen) atoms. The predicted molar refractivity (Wildman–Crippen MR) is 105 cm³/mol. The van der Waals surface area contributed by atoms with Crippen LogP contribution in [0.2, 0.25) is 0 Å². The maximum atomic E-state index is 12.8. The van der Waals surface area contributed by atoms with Crippen LogP contribution in [0.1, 0.15) is 17.2 Å². The standard InChI is InChI=1S/C21H18N2O5/c1-27-19-9-17-14(7-15(19)20-10-22-11-28-20)18(24)8-16(23-17)13-4-2-3-12(5-13)6-21(25)26/h2-5,7-9,11,20H,6,10H2,1H3,(H,23,24)(H,25,26). The number of carboxylic acids is 1. The molecule has 0 saturated carbocycles. The lowest BCUT2D eigenvalue weighted by molar-refractivity contribution is -0.136. The zero-order valence-corrected chi connectivity index (χ0v) is 15.1. The van der Waals surface area contributed by atoms with Crippen LogP contribution in [-0.4, -0.2) is 36.1 Å². The van der Waals surface area contributed by atoms with E-state index in [9.17, 15) is 9.59 Å². The number of ether oxygens (including phenoxy) is 2. The number of carbonyl (C=O) groups is 1. The molecule has 1 aliphatic rings. The van der Waals surface area contributed by atoms with Crippen molar-refractivity contribution in [2.75, 3.05) is 13.7 Å². The molecule has 0 aliphatic carbocycles. The second kappa shape index (κ2) is 7.19. The minimum atomic E-state index is -0.903. The fourth-order valence-corrected chi connectivity index (χ4v) is 3.37. The van der Waals surface area contributed by atoms with E-state index in [-0.39, 0.29) is 18.0 Å². The largest absolute Gasteiger partial charge is 0.496 e. The summed E-state index contributed by atoms with van der Waals surface area (Å²) in [5.41, 5.74) is 3.28. The molecule has 1 aromatic heterocycles. The molecule has 0 fully saturated rings. The van der Waals surface area contributed by atoms with Crippen LogP contribution < -0.4 is 10.2 Å². The molecule has 2 heterocycles. The summed E-state index contributed by atoms with van der Waals surface area (Å²) in [6.45, 7) is 0.480. The number of benzene rings is 2. The number of carboxylic acid groups (broad SMARTS) is 1. The molecule has 1 unspecified atom stereocenters. The quantitative estimate of drug-likeness (QED) is 0.711. The van der Waals surface area contributed by atoms with Crippen LogP contribution >= 0.6 is 0 Å².